The monoisotopic (exact) mass is 332 g/mol. The highest BCUT2D eigenvalue weighted by Crippen LogP contribution is 2.27. The van der Waals surface area contributed by atoms with Gasteiger partial charge in [-0.15, -0.1) is 0 Å². The van der Waals surface area contributed by atoms with E-state index in [9.17, 15) is 9.18 Å². The molecule has 1 saturated carbocycles. The van der Waals surface area contributed by atoms with Crippen LogP contribution < -0.4 is 10.1 Å². The molecule has 1 aromatic carbocycles. The molecule has 1 aromatic heterocycles. The molecule has 0 atom stereocenters. The standard InChI is InChI=1S/C17H21FN4O2/c18-15-10-13(7-8-16(15)24-14-4-1-2-5-14)21-17(23)6-3-9-22-12-19-11-20-22/h7-8,10-12,14H,1-6,9H2,(H,21,23). The summed E-state index contributed by atoms with van der Waals surface area (Å²) in [7, 11) is 0. The summed E-state index contributed by atoms with van der Waals surface area (Å²) in [5.41, 5.74) is 0.442. The molecule has 3 rings (SSSR count). The fraction of sp³-hybridized carbons (Fsp3) is 0.471. The lowest BCUT2D eigenvalue weighted by Crippen LogP contribution is -2.14. The van der Waals surface area contributed by atoms with Crippen molar-refractivity contribution < 1.29 is 13.9 Å². The number of aryl methyl sites for hydroxylation is 1. The number of rotatable bonds is 7. The van der Waals surface area contributed by atoms with Crippen molar-refractivity contribution in [3.63, 3.8) is 0 Å². The third kappa shape index (κ3) is 4.53. The van der Waals surface area contributed by atoms with E-state index in [4.69, 9.17) is 4.74 Å². The zero-order chi connectivity index (χ0) is 16.8. The highest BCUT2D eigenvalue weighted by Gasteiger charge is 2.18. The number of nitrogens with zero attached hydrogens (tertiary/aromatic N) is 3. The van der Waals surface area contributed by atoms with Gasteiger partial charge in [0, 0.05) is 24.7 Å². The van der Waals surface area contributed by atoms with E-state index in [1.54, 1.807) is 23.1 Å². The van der Waals surface area contributed by atoms with E-state index in [1.165, 1.54) is 12.4 Å². The Morgan fingerprint density at radius 1 is 1.38 bits per heavy atom. The van der Waals surface area contributed by atoms with E-state index in [0.29, 0.717) is 25.1 Å². The van der Waals surface area contributed by atoms with Crippen LogP contribution in [-0.4, -0.2) is 26.8 Å². The maximum absolute atomic E-state index is 14.1. The van der Waals surface area contributed by atoms with Crippen molar-refractivity contribution in [2.75, 3.05) is 5.32 Å². The molecule has 0 aliphatic heterocycles. The Hall–Kier alpha value is -2.44. The number of hydrogen-bond donors (Lipinski definition) is 1. The SMILES string of the molecule is O=C(CCCn1cncn1)Nc1ccc(OC2CCCC2)c(F)c1. The summed E-state index contributed by atoms with van der Waals surface area (Å²) in [6.07, 6.45) is 8.37. The van der Waals surface area contributed by atoms with Crippen molar-refractivity contribution in [1.29, 1.82) is 0 Å². The van der Waals surface area contributed by atoms with Crippen LogP contribution in [0.3, 0.4) is 0 Å². The van der Waals surface area contributed by atoms with Gasteiger partial charge in [0.2, 0.25) is 5.91 Å². The van der Waals surface area contributed by atoms with Crippen LogP contribution in [0.15, 0.2) is 30.9 Å². The summed E-state index contributed by atoms with van der Waals surface area (Å²) < 4.78 is 21.4. The highest BCUT2D eigenvalue weighted by molar-refractivity contribution is 5.90. The maximum atomic E-state index is 14.1. The number of carbonyl (C=O) groups is 1. The molecule has 0 radical (unpaired) electrons. The van der Waals surface area contributed by atoms with Gasteiger partial charge in [-0.2, -0.15) is 5.10 Å². The predicted octanol–water partition coefficient (Wildman–Crippen LogP) is 3.16. The van der Waals surface area contributed by atoms with Gasteiger partial charge in [0.15, 0.2) is 11.6 Å². The van der Waals surface area contributed by atoms with Crippen LogP contribution in [0.4, 0.5) is 10.1 Å². The number of amides is 1. The van der Waals surface area contributed by atoms with Gasteiger partial charge in [0.1, 0.15) is 12.7 Å². The van der Waals surface area contributed by atoms with Crippen LogP contribution in [0.25, 0.3) is 0 Å². The Kier molecular flexibility index (Phi) is 5.40. The first kappa shape index (κ1) is 16.4. The average molecular weight is 332 g/mol. The molecule has 6 nitrogen and oxygen atoms in total. The lowest BCUT2D eigenvalue weighted by molar-refractivity contribution is -0.116. The van der Waals surface area contributed by atoms with Gasteiger partial charge in [-0.25, -0.2) is 9.37 Å². The maximum Gasteiger partial charge on any atom is 0.224 e. The third-order valence-electron chi connectivity index (χ3n) is 4.07. The molecule has 0 spiro atoms. The van der Waals surface area contributed by atoms with E-state index in [0.717, 1.165) is 25.7 Å². The van der Waals surface area contributed by atoms with E-state index < -0.39 is 5.82 Å². The molecule has 0 saturated heterocycles. The third-order valence-corrected chi connectivity index (χ3v) is 4.07. The van der Waals surface area contributed by atoms with E-state index in [-0.39, 0.29) is 17.8 Å². The summed E-state index contributed by atoms with van der Waals surface area (Å²) in [6.45, 7) is 0.621. The topological polar surface area (TPSA) is 69.0 Å². The molecular weight excluding hydrogens is 311 g/mol. The van der Waals surface area contributed by atoms with Gasteiger partial charge in [-0.1, -0.05) is 0 Å². The van der Waals surface area contributed by atoms with Crippen molar-refractivity contribution >= 4 is 11.6 Å². The summed E-state index contributed by atoms with van der Waals surface area (Å²) >= 11 is 0. The number of hydrogen-bond acceptors (Lipinski definition) is 4. The minimum atomic E-state index is -0.442. The molecule has 128 valence electrons. The lowest BCUT2D eigenvalue weighted by atomic mass is 10.2. The molecule has 2 aromatic rings. The van der Waals surface area contributed by atoms with Crippen LogP contribution in [0.5, 0.6) is 5.75 Å². The minimum Gasteiger partial charge on any atom is -0.487 e. The van der Waals surface area contributed by atoms with Crippen molar-refractivity contribution in [3.8, 4) is 5.75 Å². The van der Waals surface area contributed by atoms with Gasteiger partial charge in [0.25, 0.3) is 0 Å². The fourth-order valence-electron chi connectivity index (χ4n) is 2.83. The van der Waals surface area contributed by atoms with Crippen LogP contribution in [0, 0.1) is 5.82 Å². The minimum absolute atomic E-state index is 0.108. The van der Waals surface area contributed by atoms with E-state index >= 15 is 0 Å². The van der Waals surface area contributed by atoms with Gasteiger partial charge < -0.3 is 10.1 Å². The average Bonchev–Trinajstić information content (AvgIpc) is 3.23. The van der Waals surface area contributed by atoms with E-state index in [2.05, 4.69) is 15.4 Å². The first-order valence-corrected chi connectivity index (χ1v) is 8.29. The number of benzene rings is 1. The van der Waals surface area contributed by atoms with E-state index in [1.807, 2.05) is 0 Å². The van der Waals surface area contributed by atoms with Crippen LogP contribution in [-0.2, 0) is 11.3 Å². The lowest BCUT2D eigenvalue weighted by Gasteiger charge is -2.14. The van der Waals surface area contributed by atoms with Crippen molar-refractivity contribution in [2.45, 2.75) is 51.2 Å². The zero-order valence-electron chi connectivity index (χ0n) is 13.4. The Balaban J connectivity index is 1.47. The molecule has 1 amide bonds. The molecule has 1 N–H and O–H groups in total. The number of anilines is 1. The molecule has 7 heteroatoms. The number of nitrogens with one attached hydrogen (secondary N) is 1. The molecule has 1 heterocycles. The van der Waals surface area contributed by atoms with Gasteiger partial charge in [0.05, 0.1) is 6.10 Å². The first-order valence-electron chi connectivity index (χ1n) is 8.29. The predicted molar refractivity (Wildman–Crippen MR) is 87.2 cm³/mol. The number of halogens is 1. The molecule has 0 unspecified atom stereocenters. The van der Waals surface area contributed by atoms with Crippen molar-refractivity contribution in [2.24, 2.45) is 0 Å². The summed E-state index contributed by atoms with van der Waals surface area (Å²) in [4.78, 5) is 15.7. The molecular formula is C17H21FN4O2. The summed E-state index contributed by atoms with van der Waals surface area (Å²) in [5, 5.41) is 6.67. The molecule has 24 heavy (non-hydrogen) atoms. The summed E-state index contributed by atoms with van der Waals surface area (Å²) in [5.74, 6) is -0.340. The molecule has 0 bridgehead atoms. The van der Waals surface area contributed by atoms with Crippen LogP contribution in [0.1, 0.15) is 38.5 Å². The largest absolute Gasteiger partial charge is 0.487 e. The summed E-state index contributed by atoms with van der Waals surface area (Å²) in [6, 6.07) is 4.56. The van der Waals surface area contributed by atoms with Crippen molar-refractivity contribution in [3.05, 3.63) is 36.7 Å². The smallest absolute Gasteiger partial charge is 0.224 e. The molecule has 1 aliphatic rings. The molecule has 1 fully saturated rings. The van der Waals surface area contributed by atoms with Crippen molar-refractivity contribution in [1.82, 2.24) is 14.8 Å². The number of ether oxygens (including phenoxy) is 1. The normalized spacial score (nSPS) is 14.7. The first-order chi connectivity index (χ1) is 11.7. The second-order valence-electron chi connectivity index (χ2n) is 5.98. The Bertz CT molecular complexity index is 669. The zero-order valence-corrected chi connectivity index (χ0v) is 13.4. The Morgan fingerprint density at radius 2 is 2.21 bits per heavy atom. The van der Waals surface area contributed by atoms with Crippen LogP contribution in [0.2, 0.25) is 0 Å². The fourth-order valence-corrected chi connectivity index (χ4v) is 2.83. The number of carbonyl (C=O) groups excluding carboxylic acids is 1. The van der Waals surface area contributed by atoms with Crippen LogP contribution >= 0.6 is 0 Å². The highest BCUT2D eigenvalue weighted by atomic mass is 19.1. The van der Waals surface area contributed by atoms with Gasteiger partial charge in [-0.3, -0.25) is 9.48 Å². The van der Waals surface area contributed by atoms with Gasteiger partial charge in [-0.05, 0) is 44.2 Å². The Morgan fingerprint density at radius 3 is 2.92 bits per heavy atom. The second kappa shape index (κ2) is 7.90. The second-order valence-corrected chi connectivity index (χ2v) is 5.98. The Labute approximate surface area is 140 Å². The van der Waals surface area contributed by atoms with Gasteiger partial charge >= 0.3 is 0 Å². The quantitative estimate of drug-likeness (QED) is 0.845. The number of aromatic nitrogens is 3. The molecule has 1 aliphatic carbocycles.